The van der Waals surface area contributed by atoms with Crippen molar-refractivity contribution in [1.82, 2.24) is 4.90 Å². The van der Waals surface area contributed by atoms with E-state index in [4.69, 9.17) is 17.0 Å². The maximum atomic E-state index is 7.73. The third-order valence-electron chi connectivity index (χ3n) is 3.43. The van der Waals surface area contributed by atoms with Crippen LogP contribution in [0.4, 0.5) is 0 Å². The highest BCUT2D eigenvalue weighted by molar-refractivity contribution is 6.27. The van der Waals surface area contributed by atoms with Gasteiger partial charge in [-0.1, -0.05) is 0 Å². The molecule has 3 heteroatoms. The molecule has 1 aliphatic carbocycles. The third-order valence-corrected chi connectivity index (χ3v) is 3.68. The van der Waals surface area contributed by atoms with Crippen molar-refractivity contribution >= 4 is 17.4 Å². The summed E-state index contributed by atoms with van der Waals surface area (Å²) >= 11 is 5.69. The summed E-state index contributed by atoms with van der Waals surface area (Å²) in [6, 6.07) is 0. The Bertz CT molecular complexity index is 183. The van der Waals surface area contributed by atoms with Gasteiger partial charge in [-0.05, 0) is 37.5 Å². The Morgan fingerprint density at radius 3 is 2.00 bits per heavy atom. The first-order valence-corrected chi connectivity index (χ1v) is 5.71. The minimum absolute atomic E-state index is 0.374. The Hall–Kier alpha value is -0.240. The Labute approximate surface area is 84.8 Å². The van der Waals surface area contributed by atoms with Crippen molar-refractivity contribution in [3.63, 3.8) is 0 Å². The van der Waals surface area contributed by atoms with Gasteiger partial charge in [-0.25, -0.2) is 0 Å². The molecular formula is C10H17ClN2. The SMILES string of the molecule is N=C(CCl)N1CC2CCC(CC2)C1. The lowest BCUT2D eigenvalue weighted by molar-refractivity contribution is 0.326. The van der Waals surface area contributed by atoms with Crippen LogP contribution in [0, 0.1) is 17.2 Å². The van der Waals surface area contributed by atoms with Crippen LogP contribution >= 0.6 is 11.6 Å². The number of amidine groups is 1. The van der Waals surface area contributed by atoms with Crippen LogP contribution in [0.25, 0.3) is 0 Å². The van der Waals surface area contributed by atoms with E-state index in [-0.39, 0.29) is 0 Å². The van der Waals surface area contributed by atoms with Crippen LogP contribution in [0.15, 0.2) is 0 Å². The normalized spacial score (nSPS) is 33.2. The Balaban J connectivity index is 2.03. The molecule has 13 heavy (non-hydrogen) atoms. The zero-order valence-electron chi connectivity index (χ0n) is 7.93. The molecule has 2 nitrogen and oxygen atoms in total. The van der Waals surface area contributed by atoms with Crippen LogP contribution in [0.3, 0.4) is 0 Å². The molecule has 0 spiro atoms. The van der Waals surface area contributed by atoms with Crippen LogP contribution in [0.1, 0.15) is 25.7 Å². The topological polar surface area (TPSA) is 27.1 Å². The van der Waals surface area contributed by atoms with E-state index in [0.717, 1.165) is 24.9 Å². The number of alkyl halides is 1. The van der Waals surface area contributed by atoms with Gasteiger partial charge in [-0.2, -0.15) is 0 Å². The lowest BCUT2D eigenvalue weighted by Gasteiger charge is -2.23. The van der Waals surface area contributed by atoms with Crippen molar-refractivity contribution in [2.75, 3.05) is 19.0 Å². The fourth-order valence-electron chi connectivity index (χ4n) is 2.60. The number of nitrogens with one attached hydrogen (secondary N) is 1. The summed E-state index contributed by atoms with van der Waals surface area (Å²) in [5.74, 6) is 2.67. The van der Waals surface area contributed by atoms with E-state index in [0.29, 0.717) is 11.7 Å². The van der Waals surface area contributed by atoms with Gasteiger partial charge in [0.15, 0.2) is 0 Å². The average molecular weight is 201 g/mol. The minimum Gasteiger partial charge on any atom is -0.359 e. The third kappa shape index (κ3) is 1.98. The molecule has 2 aliphatic heterocycles. The standard InChI is InChI=1S/C10H17ClN2/c11-5-10(12)13-6-8-1-2-9(7-13)4-3-8/h8-9,12H,1-7H2. The summed E-state index contributed by atoms with van der Waals surface area (Å²) in [6.07, 6.45) is 5.49. The number of hydrogen-bond donors (Lipinski definition) is 1. The maximum Gasteiger partial charge on any atom is 0.111 e. The summed E-state index contributed by atoms with van der Waals surface area (Å²) in [4.78, 5) is 2.20. The first-order valence-electron chi connectivity index (χ1n) is 5.18. The fraction of sp³-hybridized carbons (Fsp3) is 0.900. The lowest BCUT2D eigenvalue weighted by Crippen LogP contribution is -2.35. The number of halogens is 1. The molecule has 2 bridgehead atoms. The van der Waals surface area contributed by atoms with Gasteiger partial charge in [0.05, 0.1) is 5.88 Å². The molecule has 3 fully saturated rings. The van der Waals surface area contributed by atoms with Gasteiger partial charge in [-0.15, -0.1) is 11.6 Å². The van der Waals surface area contributed by atoms with Crippen LogP contribution in [-0.4, -0.2) is 29.7 Å². The van der Waals surface area contributed by atoms with Crippen LogP contribution in [0.5, 0.6) is 0 Å². The van der Waals surface area contributed by atoms with E-state index in [2.05, 4.69) is 4.90 Å². The van der Waals surface area contributed by atoms with Crippen LogP contribution in [-0.2, 0) is 0 Å². The first-order chi connectivity index (χ1) is 6.29. The van der Waals surface area contributed by atoms with Gasteiger partial charge in [-0.3, -0.25) is 5.41 Å². The second-order valence-electron chi connectivity index (χ2n) is 4.37. The van der Waals surface area contributed by atoms with E-state index < -0.39 is 0 Å². The van der Waals surface area contributed by atoms with Crippen molar-refractivity contribution < 1.29 is 0 Å². The van der Waals surface area contributed by atoms with Crippen molar-refractivity contribution in [2.45, 2.75) is 25.7 Å². The summed E-state index contributed by atoms with van der Waals surface area (Å²) in [5.41, 5.74) is 0. The highest BCUT2D eigenvalue weighted by atomic mass is 35.5. The van der Waals surface area contributed by atoms with Gasteiger partial charge in [0.1, 0.15) is 5.84 Å². The smallest absolute Gasteiger partial charge is 0.111 e. The van der Waals surface area contributed by atoms with Gasteiger partial charge in [0.2, 0.25) is 0 Å². The van der Waals surface area contributed by atoms with Crippen molar-refractivity contribution in [2.24, 2.45) is 11.8 Å². The fourth-order valence-corrected chi connectivity index (χ4v) is 2.77. The Morgan fingerprint density at radius 1 is 1.15 bits per heavy atom. The predicted octanol–water partition coefficient (Wildman–Crippen LogP) is 2.32. The zero-order chi connectivity index (χ0) is 9.26. The molecule has 3 rings (SSSR count). The highest BCUT2D eigenvalue weighted by Gasteiger charge is 2.29. The maximum absolute atomic E-state index is 7.73. The van der Waals surface area contributed by atoms with Crippen LogP contribution in [0.2, 0.25) is 0 Å². The molecule has 1 saturated carbocycles. The second kappa shape index (κ2) is 3.87. The molecule has 0 aromatic heterocycles. The molecular weight excluding hydrogens is 184 g/mol. The van der Waals surface area contributed by atoms with E-state index in [9.17, 15) is 0 Å². The summed E-state index contributed by atoms with van der Waals surface area (Å²) in [6.45, 7) is 2.17. The van der Waals surface area contributed by atoms with E-state index in [1.165, 1.54) is 25.7 Å². The average Bonchev–Trinajstić information content (AvgIpc) is 2.49. The van der Waals surface area contributed by atoms with E-state index in [1.807, 2.05) is 0 Å². The summed E-state index contributed by atoms with van der Waals surface area (Å²) < 4.78 is 0. The minimum atomic E-state index is 0.374. The molecule has 2 heterocycles. The molecule has 74 valence electrons. The molecule has 0 aromatic carbocycles. The highest BCUT2D eigenvalue weighted by Crippen LogP contribution is 2.33. The summed E-state index contributed by atoms with van der Waals surface area (Å²) in [5, 5.41) is 7.73. The van der Waals surface area contributed by atoms with Crippen molar-refractivity contribution in [3.8, 4) is 0 Å². The Morgan fingerprint density at radius 2 is 1.62 bits per heavy atom. The number of fused-ring (bicyclic) bond motifs is 4. The second-order valence-corrected chi connectivity index (χ2v) is 4.64. The van der Waals surface area contributed by atoms with E-state index in [1.54, 1.807) is 0 Å². The number of rotatable bonds is 1. The van der Waals surface area contributed by atoms with Gasteiger partial charge in [0.25, 0.3) is 0 Å². The first kappa shape index (κ1) is 9.32. The summed E-state index contributed by atoms with van der Waals surface area (Å²) in [7, 11) is 0. The molecule has 2 saturated heterocycles. The quantitative estimate of drug-likeness (QED) is 0.393. The number of hydrogen-bond acceptors (Lipinski definition) is 1. The van der Waals surface area contributed by atoms with E-state index >= 15 is 0 Å². The molecule has 0 atom stereocenters. The zero-order valence-corrected chi connectivity index (χ0v) is 8.69. The molecule has 1 N–H and O–H groups in total. The number of nitrogens with zero attached hydrogens (tertiary/aromatic N) is 1. The van der Waals surface area contributed by atoms with Gasteiger partial charge < -0.3 is 4.90 Å². The molecule has 0 radical (unpaired) electrons. The lowest BCUT2D eigenvalue weighted by atomic mass is 9.84. The van der Waals surface area contributed by atoms with Crippen molar-refractivity contribution in [3.05, 3.63) is 0 Å². The van der Waals surface area contributed by atoms with Gasteiger partial charge >= 0.3 is 0 Å². The molecule has 0 aromatic rings. The molecule has 3 aliphatic rings. The predicted molar refractivity (Wildman–Crippen MR) is 55.5 cm³/mol. The molecule has 0 amide bonds. The largest absolute Gasteiger partial charge is 0.359 e. The monoisotopic (exact) mass is 200 g/mol. The van der Waals surface area contributed by atoms with Crippen molar-refractivity contribution in [1.29, 1.82) is 5.41 Å². The van der Waals surface area contributed by atoms with Gasteiger partial charge in [0, 0.05) is 13.1 Å². The molecule has 0 unspecified atom stereocenters. The Kier molecular flexibility index (Phi) is 2.77. The van der Waals surface area contributed by atoms with Crippen LogP contribution < -0.4 is 0 Å².